The number of rotatable bonds is 2. The van der Waals surface area contributed by atoms with Crippen LogP contribution in [0.3, 0.4) is 0 Å². The highest BCUT2D eigenvalue weighted by atomic mass is 32.1. The van der Waals surface area contributed by atoms with E-state index in [4.69, 9.17) is 5.73 Å². The van der Waals surface area contributed by atoms with E-state index in [0.717, 1.165) is 18.7 Å². The molecule has 2 N–H and O–H groups in total. The van der Waals surface area contributed by atoms with Crippen LogP contribution in [0.5, 0.6) is 0 Å². The maximum Gasteiger partial charge on any atom is 0.0507 e. The molecule has 0 saturated heterocycles. The van der Waals surface area contributed by atoms with E-state index in [9.17, 15) is 0 Å². The Morgan fingerprint density at radius 2 is 1.73 bits per heavy atom. The molecule has 2 aromatic heterocycles. The number of benzene rings is 1. The molecule has 3 aromatic rings. The maximum absolute atomic E-state index is 5.83. The minimum atomic E-state index is 0.702. The second-order valence-electron chi connectivity index (χ2n) is 5.83. The van der Waals surface area contributed by atoms with E-state index >= 15 is 0 Å². The van der Waals surface area contributed by atoms with E-state index in [1.807, 2.05) is 12.3 Å². The molecule has 4 heteroatoms. The third-order valence-corrected chi connectivity index (χ3v) is 5.20. The van der Waals surface area contributed by atoms with Crippen molar-refractivity contribution in [2.75, 3.05) is 12.8 Å². The Hall–Kier alpha value is -2.17. The fraction of sp³-hybridized carbons (Fsp3) is 0.167. The molecular formula is C18H17N3S. The van der Waals surface area contributed by atoms with E-state index in [2.05, 4.69) is 47.3 Å². The lowest BCUT2D eigenvalue weighted by molar-refractivity contribution is 0.353. The van der Waals surface area contributed by atoms with Gasteiger partial charge in [0.05, 0.1) is 5.69 Å². The average molecular weight is 307 g/mol. The third kappa shape index (κ3) is 2.40. The second kappa shape index (κ2) is 5.23. The Balaban J connectivity index is 1.69. The van der Waals surface area contributed by atoms with E-state index < -0.39 is 0 Å². The van der Waals surface area contributed by atoms with Crippen LogP contribution in [0, 0.1) is 0 Å². The van der Waals surface area contributed by atoms with Gasteiger partial charge in [-0.2, -0.15) is 0 Å². The van der Waals surface area contributed by atoms with Gasteiger partial charge in [0.25, 0.3) is 0 Å². The summed E-state index contributed by atoms with van der Waals surface area (Å²) in [4.78, 5) is 9.00. The zero-order valence-corrected chi connectivity index (χ0v) is 13.2. The Morgan fingerprint density at radius 1 is 0.955 bits per heavy atom. The summed E-state index contributed by atoms with van der Waals surface area (Å²) >= 11 is 1.78. The SMILES string of the molecule is CN1Cc2ccc(-c3ccc(-c4cncc(N)c4)s3)cc2C1. The van der Waals surface area contributed by atoms with Crippen LogP contribution >= 0.6 is 11.3 Å². The summed E-state index contributed by atoms with van der Waals surface area (Å²) in [7, 11) is 2.16. The highest BCUT2D eigenvalue weighted by Gasteiger charge is 2.16. The fourth-order valence-electron chi connectivity index (χ4n) is 2.96. The maximum atomic E-state index is 5.83. The Morgan fingerprint density at radius 3 is 2.55 bits per heavy atom. The van der Waals surface area contributed by atoms with Crippen molar-refractivity contribution in [3.05, 3.63) is 59.9 Å². The van der Waals surface area contributed by atoms with E-state index in [-0.39, 0.29) is 0 Å². The Bertz CT molecular complexity index is 838. The van der Waals surface area contributed by atoms with Crippen LogP contribution in [0.4, 0.5) is 5.69 Å². The van der Waals surface area contributed by atoms with Gasteiger partial charge in [-0.3, -0.25) is 9.88 Å². The number of pyridine rings is 1. The van der Waals surface area contributed by atoms with Gasteiger partial charge < -0.3 is 5.73 Å². The van der Waals surface area contributed by atoms with Crippen LogP contribution in [0.15, 0.2) is 48.8 Å². The lowest BCUT2D eigenvalue weighted by Gasteiger charge is -2.03. The molecule has 110 valence electrons. The number of thiophene rings is 1. The van der Waals surface area contributed by atoms with Gasteiger partial charge in [-0.25, -0.2) is 0 Å². The molecule has 1 aliphatic rings. The van der Waals surface area contributed by atoms with Gasteiger partial charge in [0.2, 0.25) is 0 Å². The molecule has 0 atom stereocenters. The summed E-state index contributed by atoms with van der Waals surface area (Å²) in [5, 5.41) is 0. The molecule has 0 aliphatic carbocycles. The van der Waals surface area contributed by atoms with Crippen LogP contribution in [0.25, 0.3) is 20.9 Å². The molecule has 0 amide bonds. The van der Waals surface area contributed by atoms with Gasteiger partial charge in [0, 0.05) is 40.8 Å². The van der Waals surface area contributed by atoms with Crippen molar-refractivity contribution in [1.82, 2.24) is 9.88 Å². The third-order valence-electron chi connectivity index (χ3n) is 4.02. The summed E-state index contributed by atoms with van der Waals surface area (Å²) in [5.74, 6) is 0. The lowest BCUT2D eigenvalue weighted by Crippen LogP contribution is -2.07. The topological polar surface area (TPSA) is 42.2 Å². The van der Waals surface area contributed by atoms with Crippen LogP contribution in [0.2, 0.25) is 0 Å². The van der Waals surface area contributed by atoms with Gasteiger partial charge in [0.15, 0.2) is 0 Å². The van der Waals surface area contributed by atoms with Crippen molar-refractivity contribution in [2.45, 2.75) is 13.1 Å². The molecule has 0 radical (unpaired) electrons. The number of fused-ring (bicyclic) bond motifs is 1. The molecule has 0 bridgehead atoms. The molecule has 0 saturated carbocycles. The molecule has 0 unspecified atom stereocenters. The zero-order valence-electron chi connectivity index (χ0n) is 12.4. The summed E-state index contributed by atoms with van der Waals surface area (Å²) in [5.41, 5.74) is 11.8. The van der Waals surface area contributed by atoms with Gasteiger partial charge in [0.1, 0.15) is 0 Å². The van der Waals surface area contributed by atoms with Crippen LogP contribution < -0.4 is 5.73 Å². The molecule has 3 heterocycles. The van der Waals surface area contributed by atoms with Crippen molar-refractivity contribution in [1.29, 1.82) is 0 Å². The van der Waals surface area contributed by atoms with Crippen molar-refractivity contribution < 1.29 is 0 Å². The number of nitrogens with zero attached hydrogens (tertiary/aromatic N) is 2. The van der Waals surface area contributed by atoms with Crippen molar-refractivity contribution in [3.8, 4) is 20.9 Å². The van der Waals surface area contributed by atoms with Gasteiger partial charge >= 0.3 is 0 Å². The number of anilines is 1. The van der Waals surface area contributed by atoms with Crippen LogP contribution in [0.1, 0.15) is 11.1 Å². The normalized spacial score (nSPS) is 14.2. The minimum Gasteiger partial charge on any atom is -0.397 e. The monoisotopic (exact) mass is 307 g/mol. The summed E-state index contributed by atoms with van der Waals surface area (Å²) in [6.45, 7) is 2.10. The standard InChI is InChI=1S/C18H17N3S/c1-21-10-13-3-2-12(6-15(13)11-21)17-4-5-18(22-17)14-7-16(19)9-20-8-14/h2-9H,10-11,19H2,1H3. The number of nitrogens with two attached hydrogens (primary N) is 1. The zero-order chi connectivity index (χ0) is 15.1. The quantitative estimate of drug-likeness (QED) is 0.778. The summed E-state index contributed by atoms with van der Waals surface area (Å²) in [6, 6.07) is 13.1. The first kappa shape index (κ1) is 13.5. The summed E-state index contributed by atoms with van der Waals surface area (Å²) in [6.07, 6.45) is 3.54. The molecule has 1 aromatic carbocycles. The van der Waals surface area contributed by atoms with E-state index in [0.29, 0.717) is 5.69 Å². The fourth-order valence-corrected chi connectivity index (χ4v) is 3.94. The Kier molecular flexibility index (Phi) is 3.21. The van der Waals surface area contributed by atoms with E-state index in [1.54, 1.807) is 17.5 Å². The predicted molar refractivity (Wildman–Crippen MR) is 92.6 cm³/mol. The minimum absolute atomic E-state index is 0.702. The molecule has 0 fully saturated rings. The number of hydrogen-bond donors (Lipinski definition) is 1. The van der Waals surface area contributed by atoms with Gasteiger partial charge in [-0.15, -0.1) is 11.3 Å². The molecule has 0 spiro atoms. The predicted octanol–water partition coefficient (Wildman–Crippen LogP) is 4.00. The number of hydrogen-bond acceptors (Lipinski definition) is 4. The second-order valence-corrected chi connectivity index (χ2v) is 6.91. The molecule has 22 heavy (non-hydrogen) atoms. The average Bonchev–Trinajstić information content (AvgIpc) is 3.11. The number of nitrogen functional groups attached to an aromatic ring is 1. The highest BCUT2D eigenvalue weighted by molar-refractivity contribution is 7.18. The molecule has 3 nitrogen and oxygen atoms in total. The summed E-state index contributed by atoms with van der Waals surface area (Å²) < 4.78 is 0. The van der Waals surface area contributed by atoms with Gasteiger partial charge in [-0.1, -0.05) is 12.1 Å². The first-order chi connectivity index (χ1) is 10.7. The molecule has 4 rings (SSSR count). The Labute approximate surface area is 134 Å². The van der Waals surface area contributed by atoms with Crippen molar-refractivity contribution >= 4 is 17.0 Å². The number of aromatic nitrogens is 1. The lowest BCUT2D eigenvalue weighted by atomic mass is 10.1. The first-order valence-electron chi connectivity index (χ1n) is 7.30. The van der Waals surface area contributed by atoms with Crippen molar-refractivity contribution in [3.63, 3.8) is 0 Å². The van der Waals surface area contributed by atoms with Crippen LogP contribution in [-0.4, -0.2) is 16.9 Å². The highest BCUT2D eigenvalue weighted by Crippen LogP contribution is 2.36. The molecular weight excluding hydrogens is 290 g/mol. The molecule has 1 aliphatic heterocycles. The van der Waals surface area contributed by atoms with Crippen molar-refractivity contribution in [2.24, 2.45) is 0 Å². The smallest absolute Gasteiger partial charge is 0.0507 e. The van der Waals surface area contributed by atoms with Crippen LogP contribution in [-0.2, 0) is 13.1 Å². The van der Waals surface area contributed by atoms with E-state index in [1.165, 1.54) is 26.4 Å². The largest absolute Gasteiger partial charge is 0.397 e. The first-order valence-corrected chi connectivity index (χ1v) is 8.12. The van der Waals surface area contributed by atoms with Gasteiger partial charge in [-0.05, 0) is 48.0 Å².